The van der Waals surface area contributed by atoms with Crippen LogP contribution in [0.5, 0.6) is 0 Å². The summed E-state index contributed by atoms with van der Waals surface area (Å²) in [6.07, 6.45) is -1.65. The average Bonchev–Trinajstić information content (AvgIpc) is 3.09. The summed E-state index contributed by atoms with van der Waals surface area (Å²) in [7, 11) is 0. The molecule has 2 atom stereocenters. The molecule has 3 nitrogen and oxygen atoms in total. The molecule has 0 spiro atoms. The van der Waals surface area contributed by atoms with Gasteiger partial charge in [-0.2, -0.15) is 13.2 Å². The number of piperazine rings is 1. The minimum atomic E-state index is -4.22. The summed E-state index contributed by atoms with van der Waals surface area (Å²) in [6.45, 7) is 3.55. The normalized spacial score (nSPS) is 30.7. The lowest BCUT2D eigenvalue weighted by Crippen LogP contribution is -2.56. The van der Waals surface area contributed by atoms with Gasteiger partial charge in [-0.3, -0.25) is 4.90 Å². The molecule has 1 aliphatic carbocycles. The van der Waals surface area contributed by atoms with Crippen molar-refractivity contribution in [3.8, 4) is 0 Å². The third kappa shape index (κ3) is 4.40. The van der Waals surface area contributed by atoms with Crippen molar-refractivity contribution in [1.29, 1.82) is 0 Å². The molecule has 0 aromatic heterocycles. The van der Waals surface area contributed by atoms with Gasteiger partial charge in [-0.05, 0) is 25.7 Å². The van der Waals surface area contributed by atoms with Gasteiger partial charge in [0.25, 0.3) is 0 Å². The smallest absolute Gasteiger partial charge is 0.371 e. The Labute approximate surface area is 106 Å². The maximum atomic E-state index is 11.9. The average molecular weight is 266 g/mol. The van der Waals surface area contributed by atoms with Crippen LogP contribution in [0, 0.1) is 5.92 Å². The van der Waals surface area contributed by atoms with E-state index < -0.39 is 12.8 Å². The van der Waals surface area contributed by atoms with Crippen molar-refractivity contribution >= 4 is 0 Å². The third-order valence-electron chi connectivity index (χ3n) is 3.71. The summed E-state index contributed by atoms with van der Waals surface area (Å²) >= 11 is 0. The van der Waals surface area contributed by atoms with Crippen molar-refractivity contribution in [2.75, 3.05) is 32.8 Å². The summed E-state index contributed by atoms with van der Waals surface area (Å²) in [4.78, 5) is 2.23. The molecule has 106 valence electrons. The maximum absolute atomic E-state index is 11.9. The zero-order valence-corrected chi connectivity index (χ0v) is 10.7. The number of alkyl halides is 3. The molecule has 0 aromatic carbocycles. The molecular weight excluding hydrogens is 245 g/mol. The Hall–Kier alpha value is -0.330. The summed E-state index contributed by atoms with van der Waals surface area (Å²) < 4.78 is 40.4. The minimum absolute atomic E-state index is 0.154. The van der Waals surface area contributed by atoms with Crippen LogP contribution in [-0.2, 0) is 4.74 Å². The van der Waals surface area contributed by atoms with E-state index in [4.69, 9.17) is 0 Å². The fraction of sp³-hybridized carbons (Fsp3) is 1.00. The summed E-state index contributed by atoms with van der Waals surface area (Å²) in [5.41, 5.74) is 0. The van der Waals surface area contributed by atoms with E-state index in [1.165, 1.54) is 12.8 Å². The van der Waals surface area contributed by atoms with E-state index in [1.807, 2.05) is 0 Å². The number of halogens is 3. The number of ether oxygens (including phenoxy) is 1. The highest BCUT2D eigenvalue weighted by Crippen LogP contribution is 2.34. The summed E-state index contributed by atoms with van der Waals surface area (Å²) in [5, 5.41) is 3.51. The van der Waals surface area contributed by atoms with Crippen LogP contribution in [0.2, 0.25) is 0 Å². The molecule has 1 saturated heterocycles. The molecule has 1 heterocycles. The van der Waals surface area contributed by atoms with E-state index in [2.05, 4.69) is 21.9 Å². The van der Waals surface area contributed by atoms with Crippen molar-refractivity contribution in [1.82, 2.24) is 10.2 Å². The molecule has 2 unspecified atom stereocenters. The molecule has 0 aromatic rings. The van der Waals surface area contributed by atoms with Gasteiger partial charge in [0.2, 0.25) is 0 Å². The van der Waals surface area contributed by atoms with Crippen molar-refractivity contribution in [2.24, 2.45) is 5.92 Å². The fourth-order valence-electron chi connectivity index (χ4n) is 2.44. The van der Waals surface area contributed by atoms with Crippen LogP contribution < -0.4 is 5.32 Å². The van der Waals surface area contributed by atoms with Gasteiger partial charge in [0.05, 0.1) is 6.61 Å². The lowest BCUT2D eigenvalue weighted by molar-refractivity contribution is -0.175. The number of hydrogen-bond acceptors (Lipinski definition) is 3. The van der Waals surface area contributed by atoms with Crippen LogP contribution in [-0.4, -0.2) is 56.0 Å². The van der Waals surface area contributed by atoms with E-state index in [0.717, 1.165) is 19.0 Å². The lowest BCUT2D eigenvalue weighted by atomic mass is 10.1. The molecule has 2 aliphatic rings. The molecule has 2 rings (SSSR count). The van der Waals surface area contributed by atoms with Crippen molar-refractivity contribution in [3.05, 3.63) is 0 Å². The fourth-order valence-corrected chi connectivity index (χ4v) is 2.44. The first-order chi connectivity index (χ1) is 8.46. The van der Waals surface area contributed by atoms with Crippen molar-refractivity contribution in [2.45, 2.75) is 38.0 Å². The van der Waals surface area contributed by atoms with Crippen LogP contribution >= 0.6 is 0 Å². The predicted octanol–water partition coefficient (Wildman–Crippen LogP) is 1.64. The van der Waals surface area contributed by atoms with E-state index in [1.54, 1.807) is 0 Å². The summed E-state index contributed by atoms with van der Waals surface area (Å²) in [5.74, 6) is 0.774. The van der Waals surface area contributed by atoms with Crippen LogP contribution in [0.25, 0.3) is 0 Å². The predicted molar refractivity (Wildman–Crippen MR) is 62.4 cm³/mol. The molecule has 1 saturated carbocycles. The number of hydrogen-bond donors (Lipinski definition) is 1. The minimum Gasteiger partial charge on any atom is -0.371 e. The highest BCUT2D eigenvalue weighted by atomic mass is 19.4. The molecule has 1 aliphatic heterocycles. The Balaban J connectivity index is 1.66. The van der Waals surface area contributed by atoms with E-state index in [0.29, 0.717) is 18.6 Å². The molecule has 0 bridgehead atoms. The molecule has 18 heavy (non-hydrogen) atoms. The molecule has 0 radical (unpaired) electrons. The second-order valence-electron chi connectivity index (χ2n) is 5.36. The molecule has 0 amide bonds. The SMILES string of the molecule is CC1CNC(C2CC2)CN1CCOCC(F)(F)F. The number of nitrogens with zero attached hydrogens (tertiary/aromatic N) is 1. The van der Waals surface area contributed by atoms with E-state index in [9.17, 15) is 13.2 Å². The van der Waals surface area contributed by atoms with Crippen LogP contribution in [0.3, 0.4) is 0 Å². The zero-order chi connectivity index (χ0) is 13.2. The second kappa shape index (κ2) is 5.75. The first kappa shape index (κ1) is 14.1. The Morgan fingerprint density at radius 3 is 2.67 bits per heavy atom. The Kier molecular flexibility index (Phi) is 4.50. The van der Waals surface area contributed by atoms with Crippen LogP contribution in [0.15, 0.2) is 0 Å². The second-order valence-corrected chi connectivity index (χ2v) is 5.36. The van der Waals surface area contributed by atoms with Gasteiger partial charge in [-0.25, -0.2) is 0 Å². The Bertz CT molecular complexity index is 269. The number of nitrogens with one attached hydrogen (secondary N) is 1. The Morgan fingerprint density at radius 2 is 2.06 bits per heavy atom. The largest absolute Gasteiger partial charge is 0.411 e. The van der Waals surface area contributed by atoms with Crippen LogP contribution in [0.1, 0.15) is 19.8 Å². The van der Waals surface area contributed by atoms with Gasteiger partial charge < -0.3 is 10.1 Å². The van der Waals surface area contributed by atoms with Gasteiger partial charge in [0.15, 0.2) is 0 Å². The third-order valence-corrected chi connectivity index (χ3v) is 3.71. The maximum Gasteiger partial charge on any atom is 0.411 e. The van der Waals surface area contributed by atoms with E-state index >= 15 is 0 Å². The number of rotatable bonds is 5. The molecule has 1 N–H and O–H groups in total. The molecule has 2 fully saturated rings. The molecule has 6 heteroatoms. The van der Waals surface area contributed by atoms with Crippen LogP contribution in [0.4, 0.5) is 13.2 Å². The van der Waals surface area contributed by atoms with Gasteiger partial charge in [-0.1, -0.05) is 0 Å². The summed E-state index contributed by atoms with van der Waals surface area (Å²) in [6, 6.07) is 0.887. The standard InChI is InChI=1S/C12H21F3N2O/c1-9-6-16-11(10-2-3-10)7-17(9)4-5-18-8-12(13,14)15/h9-11,16H,2-8H2,1H3. The zero-order valence-electron chi connectivity index (χ0n) is 10.7. The van der Waals surface area contributed by atoms with Gasteiger partial charge in [0, 0.05) is 31.7 Å². The first-order valence-corrected chi connectivity index (χ1v) is 6.57. The highest BCUT2D eigenvalue weighted by molar-refractivity contribution is 4.93. The lowest BCUT2D eigenvalue weighted by Gasteiger charge is -2.39. The molecular formula is C12H21F3N2O. The first-order valence-electron chi connectivity index (χ1n) is 6.57. The topological polar surface area (TPSA) is 24.5 Å². The van der Waals surface area contributed by atoms with Crippen molar-refractivity contribution < 1.29 is 17.9 Å². The quantitative estimate of drug-likeness (QED) is 0.766. The Morgan fingerprint density at radius 1 is 1.33 bits per heavy atom. The van der Waals surface area contributed by atoms with Gasteiger partial charge in [-0.15, -0.1) is 0 Å². The monoisotopic (exact) mass is 266 g/mol. The van der Waals surface area contributed by atoms with Crippen molar-refractivity contribution in [3.63, 3.8) is 0 Å². The van der Waals surface area contributed by atoms with Gasteiger partial charge >= 0.3 is 6.18 Å². The van der Waals surface area contributed by atoms with E-state index in [-0.39, 0.29) is 6.61 Å². The highest BCUT2D eigenvalue weighted by Gasteiger charge is 2.36. The van der Waals surface area contributed by atoms with Gasteiger partial charge in [0.1, 0.15) is 6.61 Å².